The van der Waals surface area contributed by atoms with Gasteiger partial charge in [0.1, 0.15) is 6.04 Å². The number of fused-ring (bicyclic) bond motifs is 3. The molecule has 0 spiro atoms. The van der Waals surface area contributed by atoms with Crippen LogP contribution in [-0.2, 0) is 16.1 Å². The molecule has 0 fully saturated rings. The van der Waals surface area contributed by atoms with Crippen molar-refractivity contribution in [3.63, 3.8) is 0 Å². The van der Waals surface area contributed by atoms with Gasteiger partial charge in [-0.1, -0.05) is 55.8 Å². The fourth-order valence-corrected chi connectivity index (χ4v) is 3.67. The van der Waals surface area contributed by atoms with Gasteiger partial charge in [-0.2, -0.15) is 0 Å². The lowest BCUT2D eigenvalue weighted by atomic mass is 10.1. The number of benzene rings is 2. The molecule has 6 nitrogen and oxygen atoms in total. The van der Waals surface area contributed by atoms with Gasteiger partial charge >= 0.3 is 0 Å². The lowest BCUT2D eigenvalue weighted by Crippen LogP contribution is -2.33. The summed E-state index contributed by atoms with van der Waals surface area (Å²) in [5, 5.41) is 2.93. The number of aromatic nitrogens is 2. The van der Waals surface area contributed by atoms with Gasteiger partial charge in [0.2, 0.25) is 11.9 Å². The van der Waals surface area contributed by atoms with Gasteiger partial charge in [-0.3, -0.25) is 19.1 Å². The zero-order valence-electron chi connectivity index (χ0n) is 16.0. The molecule has 2 amide bonds. The molecule has 1 aliphatic rings. The zero-order chi connectivity index (χ0) is 19.5. The smallest absolute Gasteiger partial charge is 0.253 e. The summed E-state index contributed by atoms with van der Waals surface area (Å²) < 4.78 is 1.93. The molecule has 28 heavy (non-hydrogen) atoms. The highest BCUT2D eigenvalue weighted by Crippen LogP contribution is 2.36. The summed E-state index contributed by atoms with van der Waals surface area (Å²) in [4.78, 5) is 32.1. The predicted molar refractivity (Wildman–Crippen MR) is 109 cm³/mol. The van der Waals surface area contributed by atoms with Crippen LogP contribution in [0.15, 0.2) is 54.6 Å². The van der Waals surface area contributed by atoms with Crippen LogP contribution in [-0.4, -0.2) is 27.9 Å². The highest BCUT2D eigenvalue weighted by Gasteiger charge is 2.40. The second-order valence-corrected chi connectivity index (χ2v) is 7.10. The van der Waals surface area contributed by atoms with Crippen molar-refractivity contribution < 1.29 is 9.59 Å². The maximum atomic E-state index is 13.1. The average molecular weight is 376 g/mol. The third-order valence-corrected chi connectivity index (χ3v) is 5.13. The second kappa shape index (κ2) is 7.84. The Bertz CT molecular complexity index is 996. The first-order valence-corrected chi connectivity index (χ1v) is 9.78. The number of carbonyl (C=O) groups excluding carboxylic acids is 2. The van der Waals surface area contributed by atoms with E-state index >= 15 is 0 Å². The molecule has 1 aromatic heterocycles. The molecule has 1 atom stereocenters. The Morgan fingerprint density at radius 1 is 1.11 bits per heavy atom. The number of carbonyl (C=O) groups is 2. The summed E-state index contributed by atoms with van der Waals surface area (Å²) in [5.41, 5.74) is 2.78. The summed E-state index contributed by atoms with van der Waals surface area (Å²) in [6.45, 7) is 3.18. The highest BCUT2D eigenvalue weighted by molar-refractivity contribution is 6.03. The van der Waals surface area contributed by atoms with Crippen LogP contribution in [0, 0.1) is 0 Å². The first-order chi connectivity index (χ1) is 13.7. The Labute approximate surface area is 164 Å². The van der Waals surface area contributed by atoms with E-state index in [2.05, 4.69) is 17.2 Å². The number of unbranched alkanes of at least 4 members (excludes halogenated alkanes) is 1. The molecule has 0 radical (unpaired) electrons. The van der Waals surface area contributed by atoms with Crippen molar-refractivity contribution in [2.75, 3.05) is 11.4 Å². The molecule has 0 saturated carbocycles. The Balaban J connectivity index is 1.56. The minimum atomic E-state index is -0.546. The van der Waals surface area contributed by atoms with Crippen molar-refractivity contribution in [1.82, 2.24) is 14.9 Å². The standard InChI is InChI=1S/C22H24N4O2/c1-2-3-13-25-21(28)19(14-20(27)23-15-16-9-5-4-6-10-16)26-18-12-8-7-11-17(18)24-22(25)26/h4-12,19H,2-3,13-15H2,1H3,(H,23,27). The minimum Gasteiger partial charge on any atom is -0.352 e. The molecule has 0 saturated heterocycles. The SMILES string of the molecule is CCCCN1C(=O)C(CC(=O)NCc2ccccc2)n2c1nc1ccccc12. The quantitative estimate of drug-likeness (QED) is 0.687. The van der Waals surface area contributed by atoms with Crippen molar-refractivity contribution >= 4 is 28.8 Å². The van der Waals surface area contributed by atoms with E-state index in [1.54, 1.807) is 4.90 Å². The van der Waals surface area contributed by atoms with Gasteiger partial charge in [0, 0.05) is 13.1 Å². The summed E-state index contributed by atoms with van der Waals surface area (Å²) >= 11 is 0. The van der Waals surface area contributed by atoms with Crippen LogP contribution in [0.4, 0.5) is 5.95 Å². The highest BCUT2D eigenvalue weighted by atomic mass is 16.2. The molecule has 4 rings (SSSR count). The molecule has 2 aromatic carbocycles. The molecule has 1 unspecified atom stereocenters. The van der Waals surface area contributed by atoms with Crippen LogP contribution in [0.25, 0.3) is 11.0 Å². The first-order valence-electron chi connectivity index (χ1n) is 9.78. The number of anilines is 1. The molecule has 0 aliphatic carbocycles. The van der Waals surface area contributed by atoms with E-state index in [0.29, 0.717) is 19.0 Å². The van der Waals surface area contributed by atoms with E-state index in [1.807, 2.05) is 59.2 Å². The van der Waals surface area contributed by atoms with Crippen molar-refractivity contribution in [2.45, 2.75) is 38.8 Å². The van der Waals surface area contributed by atoms with E-state index < -0.39 is 6.04 Å². The number of hydrogen-bond donors (Lipinski definition) is 1. The normalized spacial score (nSPS) is 15.8. The van der Waals surface area contributed by atoms with Gasteiger partial charge < -0.3 is 5.32 Å². The Morgan fingerprint density at radius 3 is 2.64 bits per heavy atom. The summed E-state index contributed by atoms with van der Waals surface area (Å²) in [5.74, 6) is 0.473. The van der Waals surface area contributed by atoms with Crippen molar-refractivity contribution in [1.29, 1.82) is 0 Å². The predicted octanol–water partition coefficient (Wildman–Crippen LogP) is 3.43. The first kappa shape index (κ1) is 18.2. The van der Waals surface area contributed by atoms with Crippen LogP contribution in [0.1, 0.15) is 37.8 Å². The van der Waals surface area contributed by atoms with Gasteiger partial charge in [-0.25, -0.2) is 4.98 Å². The number of nitrogens with one attached hydrogen (secondary N) is 1. The molecule has 2 heterocycles. The maximum absolute atomic E-state index is 13.1. The molecule has 0 bridgehead atoms. The molecular formula is C22H24N4O2. The fourth-order valence-electron chi connectivity index (χ4n) is 3.67. The largest absolute Gasteiger partial charge is 0.352 e. The third kappa shape index (κ3) is 3.38. The van der Waals surface area contributed by atoms with E-state index in [0.717, 1.165) is 29.4 Å². The second-order valence-electron chi connectivity index (χ2n) is 7.10. The number of nitrogens with zero attached hydrogens (tertiary/aromatic N) is 3. The number of amides is 2. The number of hydrogen-bond acceptors (Lipinski definition) is 3. The molecule has 1 N–H and O–H groups in total. The third-order valence-electron chi connectivity index (χ3n) is 5.13. The fraction of sp³-hybridized carbons (Fsp3) is 0.318. The van der Waals surface area contributed by atoms with Crippen molar-refractivity contribution in [3.05, 3.63) is 60.2 Å². The van der Waals surface area contributed by atoms with Crippen molar-refractivity contribution in [2.24, 2.45) is 0 Å². The van der Waals surface area contributed by atoms with Crippen molar-refractivity contribution in [3.8, 4) is 0 Å². The van der Waals surface area contributed by atoms with Gasteiger partial charge in [-0.15, -0.1) is 0 Å². The molecule has 1 aliphatic heterocycles. The van der Waals surface area contributed by atoms with Gasteiger partial charge in [0.25, 0.3) is 5.91 Å². The van der Waals surface area contributed by atoms with E-state index in [1.165, 1.54) is 0 Å². The monoisotopic (exact) mass is 376 g/mol. The van der Waals surface area contributed by atoms with E-state index in [-0.39, 0.29) is 18.2 Å². The van der Waals surface area contributed by atoms with Crippen LogP contribution in [0.3, 0.4) is 0 Å². The molecule has 3 aromatic rings. The Hall–Kier alpha value is -3.15. The van der Waals surface area contributed by atoms with Crippen LogP contribution in [0.2, 0.25) is 0 Å². The lowest BCUT2D eigenvalue weighted by Gasteiger charge is -2.15. The van der Waals surface area contributed by atoms with Gasteiger partial charge in [-0.05, 0) is 24.1 Å². The number of rotatable bonds is 7. The Kier molecular flexibility index (Phi) is 5.10. The summed E-state index contributed by atoms with van der Waals surface area (Å²) in [6, 6.07) is 17.0. The number of para-hydroxylation sites is 2. The zero-order valence-corrected chi connectivity index (χ0v) is 16.0. The molecular weight excluding hydrogens is 352 g/mol. The molecule has 144 valence electrons. The van der Waals surface area contributed by atoms with Crippen LogP contribution in [0.5, 0.6) is 0 Å². The maximum Gasteiger partial charge on any atom is 0.253 e. The topological polar surface area (TPSA) is 67.2 Å². The van der Waals surface area contributed by atoms with Crippen LogP contribution < -0.4 is 10.2 Å². The van der Waals surface area contributed by atoms with E-state index in [9.17, 15) is 9.59 Å². The summed E-state index contributed by atoms with van der Waals surface area (Å²) in [6.07, 6.45) is 2.01. The number of imidazole rings is 1. The van der Waals surface area contributed by atoms with Gasteiger partial charge in [0.05, 0.1) is 17.5 Å². The minimum absolute atomic E-state index is 0.0448. The summed E-state index contributed by atoms with van der Waals surface area (Å²) in [7, 11) is 0. The Morgan fingerprint density at radius 2 is 1.86 bits per heavy atom. The van der Waals surface area contributed by atoms with E-state index in [4.69, 9.17) is 0 Å². The van der Waals surface area contributed by atoms with Crippen LogP contribution >= 0.6 is 0 Å². The van der Waals surface area contributed by atoms with Gasteiger partial charge in [0.15, 0.2) is 0 Å². The average Bonchev–Trinajstić information content (AvgIpc) is 3.21. The molecule has 6 heteroatoms. The lowest BCUT2D eigenvalue weighted by molar-refractivity contribution is -0.127.